The van der Waals surface area contributed by atoms with E-state index in [-0.39, 0.29) is 5.56 Å². The molecule has 3 N–H and O–H groups in total. The first-order valence-electron chi connectivity index (χ1n) is 7.55. The van der Waals surface area contributed by atoms with Gasteiger partial charge in [0.1, 0.15) is 17.7 Å². The highest BCUT2D eigenvalue weighted by atomic mass is 19.1. The van der Waals surface area contributed by atoms with Gasteiger partial charge in [-0.3, -0.25) is 14.7 Å². The highest BCUT2D eigenvalue weighted by Crippen LogP contribution is 2.16. The number of amides is 2. The molecule has 7 heteroatoms. The Balaban J connectivity index is 1.83. The van der Waals surface area contributed by atoms with Gasteiger partial charge < -0.3 is 10.6 Å². The molecule has 0 fully saturated rings. The lowest BCUT2D eigenvalue weighted by molar-refractivity contribution is -0.118. The number of hydrogen-bond acceptors (Lipinski definition) is 3. The molecule has 2 aromatic carbocycles. The zero-order valence-corrected chi connectivity index (χ0v) is 13.1. The van der Waals surface area contributed by atoms with Crippen molar-refractivity contribution in [1.29, 1.82) is 0 Å². The largest absolute Gasteiger partial charge is 0.336 e. The van der Waals surface area contributed by atoms with Crippen molar-refractivity contribution in [1.82, 2.24) is 15.5 Å². The average Bonchev–Trinajstić information content (AvgIpc) is 3.13. The Bertz CT molecular complexity index is 866. The normalized spacial score (nSPS) is 11.6. The highest BCUT2D eigenvalue weighted by molar-refractivity contribution is 6.01. The van der Waals surface area contributed by atoms with Crippen molar-refractivity contribution in [3.8, 4) is 0 Å². The number of nitrogens with zero attached hydrogens (tertiary/aromatic N) is 1. The molecule has 0 aliphatic heterocycles. The Morgan fingerprint density at radius 2 is 1.84 bits per heavy atom. The zero-order chi connectivity index (χ0) is 17.6. The average molecular weight is 338 g/mol. The summed E-state index contributed by atoms with van der Waals surface area (Å²) in [6.07, 6.45) is 1.50. The van der Waals surface area contributed by atoms with Gasteiger partial charge >= 0.3 is 0 Å². The van der Waals surface area contributed by atoms with Gasteiger partial charge in [0.2, 0.25) is 0 Å². The third kappa shape index (κ3) is 4.08. The van der Waals surface area contributed by atoms with Crippen molar-refractivity contribution in [3.05, 3.63) is 83.8 Å². The molecule has 0 spiro atoms. The zero-order valence-electron chi connectivity index (χ0n) is 13.1. The molecule has 0 unspecified atom stereocenters. The van der Waals surface area contributed by atoms with Crippen molar-refractivity contribution >= 4 is 17.6 Å². The first-order valence-corrected chi connectivity index (χ1v) is 7.55. The number of benzene rings is 2. The van der Waals surface area contributed by atoms with Crippen molar-refractivity contribution < 1.29 is 14.0 Å². The summed E-state index contributed by atoms with van der Waals surface area (Å²) in [5, 5.41) is 11.7. The van der Waals surface area contributed by atoms with Gasteiger partial charge in [0.05, 0.1) is 6.20 Å². The second-order valence-electron chi connectivity index (χ2n) is 5.29. The molecule has 1 atom stereocenters. The molecular formula is C18H15FN4O2. The second kappa shape index (κ2) is 7.39. The van der Waals surface area contributed by atoms with Crippen LogP contribution in [0.25, 0.3) is 0 Å². The van der Waals surface area contributed by atoms with Gasteiger partial charge in [-0.25, -0.2) is 4.39 Å². The Morgan fingerprint density at radius 3 is 2.52 bits per heavy atom. The summed E-state index contributed by atoms with van der Waals surface area (Å²) >= 11 is 0. The molecule has 1 heterocycles. The van der Waals surface area contributed by atoms with Gasteiger partial charge in [0.15, 0.2) is 0 Å². The maximum absolute atomic E-state index is 13.3. The summed E-state index contributed by atoms with van der Waals surface area (Å²) in [6, 6.07) is 14.7. The van der Waals surface area contributed by atoms with Crippen molar-refractivity contribution in [2.24, 2.45) is 0 Å². The van der Waals surface area contributed by atoms with Gasteiger partial charge in [-0.15, -0.1) is 0 Å². The Labute approximate surface area is 143 Å². The molecule has 0 bridgehead atoms. The molecule has 0 radical (unpaired) electrons. The van der Waals surface area contributed by atoms with Crippen LogP contribution < -0.4 is 10.6 Å². The van der Waals surface area contributed by atoms with E-state index in [1.165, 1.54) is 24.4 Å². The van der Waals surface area contributed by atoms with Crippen LogP contribution in [-0.2, 0) is 4.79 Å². The molecule has 3 rings (SSSR count). The van der Waals surface area contributed by atoms with Crippen LogP contribution in [0.1, 0.15) is 22.0 Å². The number of rotatable bonds is 5. The van der Waals surface area contributed by atoms with E-state index in [2.05, 4.69) is 20.8 Å². The van der Waals surface area contributed by atoms with E-state index in [9.17, 15) is 14.0 Å². The van der Waals surface area contributed by atoms with E-state index < -0.39 is 23.7 Å². The Morgan fingerprint density at radius 1 is 1.04 bits per heavy atom. The van der Waals surface area contributed by atoms with Crippen LogP contribution in [0.5, 0.6) is 0 Å². The molecule has 2 amide bonds. The summed E-state index contributed by atoms with van der Waals surface area (Å²) in [5.74, 6) is -1.11. The van der Waals surface area contributed by atoms with Gasteiger partial charge in [-0.05, 0) is 23.8 Å². The van der Waals surface area contributed by atoms with Crippen LogP contribution in [0.2, 0.25) is 0 Å². The maximum Gasteiger partial charge on any atom is 0.252 e. The third-order valence-electron chi connectivity index (χ3n) is 3.52. The topological polar surface area (TPSA) is 86.9 Å². The Hall–Kier alpha value is -3.48. The van der Waals surface area contributed by atoms with Crippen LogP contribution in [0.4, 0.5) is 10.2 Å². The first kappa shape index (κ1) is 16.4. The molecule has 0 saturated heterocycles. The monoisotopic (exact) mass is 338 g/mol. The molecule has 25 heavy (non-hydrogen) atoms. The van der Waals surface area contributed by atoms with Crippen molar-refractivity contribution in [2.75, 3.05) is 5.32 Å². The number of carbonyl (C=O) groups excluding carboxylic acids is 2. The van der Waals surface area contributed by atoms with E-state index in [1.54, 1.807) is 30.3 Å². The molecule has 0 aliphatic rings. The lowest BCUT2D eigenvalue weighted by Gasteiger charge is -2.18. The van der Waals surface area contributed by atoms with Crippen LogP contribution in [0.3, 0.4) is 0 Å². The lowest BCUT2D eigenvalue weighted by Crippen LogP contribution is -2.37. The predicted octanol–water partition coefficient (Wildman–Crippen LogP) is 2.66. The fraction of sp³-hybridized carbons (Fsp3) is 0.0556. The summed E-state index contributed by atoms with van der Waals surface area (Å²) in [5.41, 5.74) is 0.736. The minimum Gasteiger partial charge on any atom is -0.336 e. The predicted molar refractivity (Wildman–Crippen MR) is 90.3 cm³/mol. The number of hydrogen-bond donors (Lipinski definition) is 3. The number of anilines is 1. The summed E-state index contributed by atoms with van der Waals surface area (Å²) in [4.78, 5) is 25.0. The standard InChI is InChI=1S/C18H15FN4O2/c19-14-8-4-7-13(11-14)17(24)22-16(12-5-2-1-3-6-12)18(25)21-15-9-10-20-23-15/h1-11,16H,(H,22,24)(H2,20,21,23,25)/t16-/m0/s1. The lowest BCUT2D eigenvalue weighted by atomic mass is 10.1. The third-order valence-corrected chi connectivity index (χ3v) is 3.52. The molecule has 0 saturated carbocycles. The van der Waals surface area contributed by atoms with Crippen LogP contribution in [-0.4, -0.2) is 22.0 Å². The van der Waals surface area contributed by atoms with E-state index in [1.807, 2.05) is 6.07 Å². The second-order valence-corrected chi connectivity index (χ2v) is 5.29. The van der Waals surface area contributed by atoms with Gasteiger partial charge in [0.25, 0.3) is 11.8 Å². The molecule has 0 aliphatic carbocycles. The maximum atomic E-state index is 13.3. The minimum atomic E-state index is -0.944. The quantitative estimate of drug-likeness (QED) is 0.668. The van der Waals surface area contributed by atoms with E-state index in [0.717, 1.165) is 6.07 Å². The molecular weight excluding hydrogens is 323 g/mol. The van der Waals surface area contributed by atoms with Gasteiger partial charge in [0, 0.05) is 11.6 Å². The molecule has 126 valence electrons. The number of nitrogens with one attached hydrogen (secondary N) is 3. The van der Waals surface area contributed by atoms with Crippen LogP contribution in [0.15, 0.2) is 66.9 Å². The van der Waals surface area contributed by atoms with E-state index in [0.29, 0.717) is 11.4 Å². The first-order chi connectivity index (χ1) is 12.1. The highest BCUT2D eigenvalue weighted by Gasteiger charge is 2.23. The smallest absolute Gasteiger partial charge is 0.252 e. The molecule has 1 aromatic heterocycles. The van der Waals surface area contributed by atoms with E-state index >= 15 is 0 Å². The number of H-pyrrole nitrogens is 1. The summed E-state index contributed by atoms with van der Waals surface area (Å²) in [7, 11) is 0. The molecule has 6 nitrogen and oxygen atoms in total. The Kier molecular flexibility index (Phi) is 4.84. The van der Waals surface area contributed by atoms with Crippen molar-refractivity contribution in [2.45, 2.75) is 6.04 Å². The van der Waals surface area contributed by atoms with Crippen LogP contribution >= 0.6 is 0 Å². The summed E-state index contributed by atoms with van der Waals surface area (Å²) < 4.78 is 13.3. The fourth-order valence-corrected chi connectivity index (χ4v) is 2.32. The van der Waals surface area contributed by atoms with E-state index in [4.69, 9.17) is 0 Å². The van der Waals surface area contributed by atoms with Crippen LogP contribution in [0, 0.1) is 5.82 Å². The van der Waals surface area contributed by atoms with Crippen molar-refractivity contribution in [3.63, 3.8) is 0 Å². The molecule has 3 aromatic rings. The van der Waals surface area contributed by atoms with Gasteiger partial charge in [-0.2, -0.15) is 5.10 Å². The number of halogens is 1. The summed E-state index contributed by atoms with van der Waals surface area (Å²) in [6.45, 7) is 0. The minimum absolute atomic E-state index is 0.135. The van der Waals surface area contributed by atoms with Gasteiger partial charge in [-0.1, -0.05) is 36.4 Å². The number of aromatic amines is 1. The number of carbonyl (C=O) groups is 2. The number of aromatic nitrogens is 2. The SMILES string of the molecule is O=C(N[C@H](C(=O)Nc1ccn[nH]1)c1ccccc1)c1cccc(F)c1. The fourth-order valence-electron chi connectivity index (χ4n) is 2.32.